The topological polar surface area (TPSA) is 64.5 Å². The normalized spacial score (nSPS) is 12.1. The maximum Gasteiger partial charge on any atom is 0.439 e. The van der Waals surface area contributed by atoms with Crippen LogP contribution in [0.4, 0.5) is 0 Å². The van der Waals surface area contributed by atoms with Gasteiger partial charge in [0.2, 0.25) is 0 Å². The molecule has 0 spiro atoms. The molecule has 4 N–H and O–H groups in total. The largest absolute Gasteiger partial charge is 0.439 e. The Morgan fingerprint density at radius 1 is 1.17 bits per heavy atom. The van der Waals surface area contributed by atoms with Crippen LogP contribution in [-0.4, -0.2) is 58.3 Å². The Morgan fingerprint density at radius 2 is 1.83 bits per heavy atom. The lowest BCUT2D eigenvalue weighted by atomic mass is 10.2. The predicted octanol–water partition coefficient (Wildman–Crippen LogP) is -0.870. The molecule has 0 heterocycles. The highest BCUT2D eigenvalue weighted by molar-refractivity contribution is 5.64. The third-order valence-electron chi connectivity index (χ3n) is 2.95. The molecule has 0 amide bonds. The Kier molecular flexibility index (Phi) is 12.1. The standard InChI is InChI=1S/C13H30N4O/c1-15-9-6-4-5-7-11-17(2)12-8-10-16-13(14)18-3/h15H,4-12H2,1-3H3,(H2,14,16)/p+1. The zero-order valence-electron chi connectivity index (χ0n) is 12.3. The van der Waals surface area contributed by atoms with Gasteiger partial charge < -0.3 is 15.0 Å². The van der Waals surface area contributed by atoms with E-state index in [0.717, 1.165) is 26.1 Å². The number of nitrogens with two attached hydrogens (primary N) is 1. The van der Waals surface area contributed by atoms with Crippen LogP contribution in [0.3, 0.4) is 0 Å². The average Bonchev–Trinajstić information content (AvgIpc) is 2.38. The van der Waals surface area contributed by atoms with E-state index in [1.54, 1.807) is 7.11 Å². The van der Waals surface area contributed by atoms with Gasteiger partial charge >= 0.3 is 6.02 Å². The number of hydrogen-bond acceptors (Lipinski definition) is 3. The molecule has 0 radical (unpaired) electrons. The smallest absolute Gasteiger partial charge is 0.435 e. The van der Waals surface area contributed by atoms with Gasteiger partial charge in [-0.05, 0) is 46.4 Å². The Morgan fingerprint density at radius 3 is 2.50 bits per heavy atom. The molecule has 108 valence electrons. The summed E-state index contributed by atoms with van der Waals surface area (Å²) in [6.07, 6.45) is 6.32. The minimum Gasteiger partial charge on any atom is -0.435 e. The molecule has 0 atom stereocenters. The second kappa shape index (κ2) is 12.6. The molecular formula is C13H31N4O+. The summed E-state index contributed by atoms with van der Waals surface area (Å²) in [5, 5.41) is 3.18. The fourth-order valence-electron chi connectivity index (χ4n) is 1.78. The number of rotatable bonds is 11. The van der Waals surface area contributed by atoms with Crippen LogP contribution in [0.15, 0.2) is 0 Å². The average molecular weight is 259 g/mol. The van der Waals surface area contributed by atoms with Gasteiger partial charge in [-0.25, -0.2) is 4.99 Å². The van der Waals surface area contributed by atoms with Gasteiger partial charge in [0.25, 0.3) is 0 Å². The number of nitrogens with one attached hydrogen (secondary N) is 2. The van der Waals surface area contributed by atoms with Gasteiger partial charge in [0, 0.05) is 6.54 Å². The Balaban J connectivity index is 3.29. The van der Waals surface area contributed by atoms with Gasteiger partial charge in [-0.3, -0.25) is 5.73 Å². The molecular weight excluding hydrogens is 228 g/mol. The van der Waals surface area contributed by atoms with Gasteiger partial charge in [-0.15, -0.1) is 0 Å². The van der Waals surface area contributed by atoms with Crippen LogP contribution in [0.1, 0.15) is 32.1 Å². The Labute approximate surface area is 112 Å². The van der Waals surface area contributed by atoms with Crippen molar-refractivity contribution < 1.29 is 9.73 Å². The quantitative estimate of drug-likeness (QED) is 0.256. The molecule has 0 unspecified atom stereocenters. The molecule has 0 aliphatic carbocycles. The lowest BCUT2D eigenvalue weighted by Gasteiger charge is -2.15. The van der Waals surface area contributed by atoms with Crippen molar-refractivity contribution in [1.82, 2.24) is 10.2 Å². The molecule has 18 heavy (non-hydrogen) atoms. The van der Waals surface area contributed by atoms with Crippen LogP contribution in [-0.2, 0) is 4.74 Å². The first kappa shape index (κ1) is 17.2. The number of hydrogen-bond donors (Lipinski definition) is 3. The van der Waals surface area contributed by atoms with Gasteiger partial charge in [-0.1, -0.05) is 12.8 Å². The van der Waals surface area contributed by atoms with Crippen LogP contribution in [0.2, 0.25) is 0 Å². The van der Waals surface area contributed by atoms with E-state index in [1.165, 1.54) is 32.2 Å². The lowest BCUT2D eigenvalue weighted by molar-refractivity contribution is -0.468. The SMILES string of the molecule is CNCCCCCCN(C)CCC[NH+]=C(N)OC. The summed E-state index contributed by atoms with van der Waals surface area (Å²) in [7, 11) is 5.76. The molecule has 0 aromatic carbocycles. The number of methoxy groups -OCH3 is 1. The van der Waals surface area contributed by atoms with E-state index in [9.17, 15) is 0 Å². The summed E-state index contributed by atoms with van der Waals surface area (Å²) in [5.41, 5.74) is 5.49. The number of ether oxygens (including phenoxy) is 1. The van der Waals surface area contributed by atoms with Crippen molar-refractivity contribution in [3.8, 4) is 0 Å². The molecule has 0 fully saturated rings. The van der Waals surface area contributed by atoms with E-state index in [-0.39, 0.29) is 0 Å². The van der Waals surface area contributed by atoms with Crippen molar-refractivity contribution in [2.45, 2.75) is 32.1 Å². The lowest BCUT2D eigenvalue weighted by Crippen LogP contribution is -2.76. The fraction of sp³-hybridized carbons (Fsp3) is 0.923. The monoisotopic (exact) mass is 259 g/mol. The highest BCUT2D eigenvalue weighted by Crippen LogP contribution is 2.00. The summed E-state index contributed by atoms with van der Waals surface area (Å²) in [5.74, 6) is 0. The van der Waals surface area contributed by atoms with Crippen LogP contribution in [0, 0.1) is 0 Å². The molecule has 0 aliphatic rings. The molecule has 0 rings (SSSR count). The van der Waals surface area contributed by atoms with Crippen LogP contribution >= 0.6 is 0 Å². The first-order valence-electron chi connectivity index (χ1n) is 6.94. The molecule has 0 saturated heterocycles. The zero-order chi connectivity index (χ0) is 13.6. The van der Waals surface area contributed by atoms with Gasteiger partial charge in [0.1, 0.15) is 0 Å². The van der Waals surface area contributed by atoms with E-state index in [1.807, 2.05) is 7.05 Å². The molecule has 0 aromatic rings. The number of amidine groups is 1. The minimum absolute atomic E-state index is 0.405. The number of unbranched alkanes of at least 4 members (excludes halogenated alkanes) is 3. The predicted molar refractivity (Wildman–Crippen MR) is 76.5 cm³/mol. The molecule has 5 heteroatoms. The van der Waals surface area contributed by atoms with E-state index < -0.39 is 0 Å². The van der Waals surface area contributed by atoms with Crippen LogP contribution in [0.5, 0.6) is 0 Å². The van der Waals surface area contributed by atoms with Crippen molar-refractivity contribution in [3.63, 3.8) is 0 Å². The second-order valence-corrected chi connectivity index (χ2v) is 4.67. The van der Waals surface area contributed by atoms with Crippen LogP contribution in [0.25, 0.3) is 0 Å². The maximum atomic E-state index is 5.49. The van der Waals surface area contributed by atoms with Crippen molar-refractivity contribution in [2.24, 2.45) is 5.73 Å². The third-order valence-corrected chi connectivity index (χ3v) is 2.95. The maximum absolute atomic E-state index is 5.49. The van der Waals surface area contributed by atoms with E-state index in [2.05, 4.69) is 22.3 Å². The minimum atomic E-state index is 0.405. The molecule has 0 bridgehead atoms. The second-order valence-electron chi connectivity index (χ2n) is 4.67. The highest BCUT2D eigenvalue weighted by atomic mass is 16.5. The van der Waals surface area contributed by atoms with Gasteiger partial charge in [0.15, 0.2) is 0 Å². The molecule has 5 nitrogen and oxygen atoms in total. The molecule has 0 aromatic heterocycles. The summed E-state index contributed by atoms with van der Waals surface area (Å²) in [6, 6.07) is 0.405. The van der Waals surface area contributed by atoms with E-state index in [0.29, 0.717) is 6.02 Å². The van der Waals surface area contributed by atoms with Crippen molar-refractivity contribution >= 4 is 6.02 Å². The van der Waals surface area contributed by atoms with Crippen molar-refractivity contribution in [1.29, 1.82) is 0 Å². The Bertz CT molecular complexity index is 209. The van der Waals surface area contributed by atoms with E-state index >= 15 is 0 Å². The number of nitrogens with zero attached hydrogens (tertiary/aromatic N) is 1. The first-order chi connectivity index (χ1) is 8.70. The van der Waals surface area contributed by atoms with Crippen LogP contribution < -0.4 is 16.0 Å². The summed E-state index contributed by atoms with van der Waals surface area (Å²) in [4.78, 5) is 5.39. The zero-order valence-corrected chi connectivity index (χ0v) is 12.3. The Hall–Kier alpha value is -0.810. The third kappa shape index (κ3) is 11.7. The first-order valence-corrected chi connectivity index (χ1v) is 6.94. The summed E-state index contributed by atoms with van der Waals surface area (Å²) < 4.78 is 4.83. The summed E-state index contributed by atoms with van der Waals surface area (Å²) in [6.45, 7) is 4.29. The highest BCUT2D eigenvalue weighted by Gasteiger charge is 1.99. The summed E-state index contributed by atoms with van der Waals surface area (Å²) >= 11 is 0. The van der Waals surface area contributed by atoms with E-state index in [4.69, 9.17) is 10.5 Å². The fourth-order valence-corrected chi connectivity index (χ4v) is 1.78. The van der Waals surface area contributed by atoms with Crippen molar-refractivity contribution in [3.05, 3.63) is 0 Å². The van der Waals surface area contributed by atoms with Gasteiger partial charge in [-0.2, -0.15) is 0 Å². The van der Waals surface area contributed by atoms with Gasteiger partial charge in [0.05, 0.1) is 13.7 Å². The molecule has 0 aliphatic heterocycles. The molecule has 0 saturated carbocycles. The van der Waals surface area contributed by atoms with Crippen molar-refractivity contribution in [2.75, 3.05) is 47.4 Å².